The Labute approximate surface area is 195 Å². The Balaban J connectivity index is 0.000000182. The molecule has 0 aliphatic heterocycles. The molecule has 1 aliphatic carbocycles. The zero-order valence-corrected chi connectivity index (χ0v) is 21.7. The van der Waals surface area contributed by atoms with Crippen LogP contribution in [0.4, 0.5) is 0 Å². The van der Waals surface area contributed by atoms with Crippen molar-refractivity contribution in [1.82, 2.24) is 0 Å². The molecule has 1 fully saturated rings. The van der Waals surface area contributed by atoms with Gasteiger partial charge in [-0.3, -0.25) is 0 Å². The van der Waals surface area contributed by atoms with Gasteiger partial charge in [0, 0.05) is 17.2 Å². The van der Waals surface area contributed by atoms with Gasteiger partial charge in [0.25, 0.3) is 0 Å². The lowest BCUT2D eigenvalue weighted by molar-refractivity contribution is 0.228. The predicted molar refractivity (Wildman–Crippen MR) is 136 cm³/mol. The van der Waals surface area contributed by atoms with Gasteiger partial charge in [0.2, 0.25) is 0 Å². The third-order valence-electron chi connectivity index (χ3n) is 6.83. The molecule has 2 nitrogen and oxygen atoms in total. The zero-order valence-electron chi connectivity index (χ0n) is 21.7. The Hall–Kier alpha value is -1.96. The van der Waals surface area contributed by atoms with E-state index in [0.717, 1.165) is 17.3 Å². The van der Waals surface area contributed by atoms with Crippen LogP contribution in [0.15, 0.2) is 51.5 Å². The first kappa shape index (κ1) is 24.7. The van der Waals surface area contributed by atoms with Crippen molar-refractivity contribution in [2.45, 2.75) is 92.9 Å². The van der Waals surface area contributed by atoms with E-state index < -0.39 is 0 Å². The van der Waals surface area contributed by atoms with Crippen LogP contribution in [0.25, 0.3) is 11.0 Å². The Kier molecular flexibility index (Phi) is 7.63. The van der Waals surface area contributed by atoms with Crippen molar-refractivity contribution in [3.05, 3.63) is 59.7 Å². The first-order chi connectivity index (χ1) is 15.0. The van der Waals surface area contributed by atoms with Crippen LogP contribution in [-0.2, 0) is 0 Å². The van der Waals surface area contributed by atoms with Gasteiger partial charge in [-0.2, -0.15) is 0 Å². The lowest BCUT2D eigenvalue weighted by Crippen LogP contribution is -2.22. The molecule has 176 valence electrons. The third kappa shape index (κ3) is 5.88. The minimum absolute atomic E-state index is 0.224. The van der Waals surface area contributed by atoms with Crippen molar-refractivity contribution in [1.29, 1.82) is 0 Å². The normalized spacial score (nSPS) is 16.5. The van der Waals surface area contributed by atoms with E-state index >= 15 is 0 Å². The highest BCUT2D eigenvalue weighted by atomic mass is 16.3. The van der Waals surface area contributed by atoms with Crippen molar-refractivity contribution in [2.24, 2.45) is 23.2 Å². The highest BCUT2D eigenvalue weighted by molar-refractivity contribution is 5.77. The molecule has 0 unspecified atom stereocenters. The molecule has 0 spiro atoms. The van der Waals surface area contributed by atoms with Crippen molar-refractivity contribution in [2.75, 3.05) is 0 Å². The minimum atomic E-state index is 0.224. The molecule has 2 heteroatoms. The van der Waals surface area contributed by atoms with Crippen LogP contribution in [0.2, 0.25) is 0 Å². The van der Waals surface area contributed by atoms with Crippen LogP contribution in [0.1, 0.15) is 110 Å². The van der Waals surface area contributed by atoms with Gasteiger partial charge in [-0.05, 0) is 65.7 Å². The van der Waals surface area contributed by atoms with E-state index in [1.165, 1.54) is 29.6 Å². The Morgan fingerprint density at radius 1 is 0.844 bits per heavy atom. The molecule has 2 heterocycles. The van der Waals surface area contributed by atoms with Crippen molar-refractivity contribution < 1.29 is 8.83 Å². The topological polar surface area (TPSA) is 26.3 Å². The molecule has 1 saturated carbocycles. The maximum atomic E-state index is 6.02. The van der Waals surface area contributed by atoms with E-state index in [1.807, 2.05) is 18.4 Å². The average Bonchev–Trinajstić information content (AvgIpc) is 3.22. The molecule has 0 N–H and O–H groups in total. The number of hydrogen-bond acceptors (Lipinski definition) is 2. The summed E-state index contributed by atoms with van der Waals surface area (Å²) in [6, 6.07) is 12.7. The van der Waals surface area contributed by atoms with Gasteiger partial charge >= 0.3 is 0 Å². The highest BCUT2D eigenvalue weighted by Crippen LogP contribution is 2.47. The molecule has 2 aromatic heterocycles. The van der Waals surface area contributed by atoms with Gasteiger partial charge in [-0.1, -0.05) is 80.5 Å². The number of hydrogen-bond donors (Lipinski definition) is 0. The zero-order chi connectivity index (χ0) is 23.6. The number of fused-ring (bicyclic) bond motifs is 1. The van der Waals surface area contributed by atoms with Gasteiger partial charge in [-0.25, -0.2) is 0 Å². The highest BCUT2D eigenvalue weighted by Gasteiger charge is 2.36. The van der Waals surface area contributed by atoms with Crippen molar-refractivity contribution in [3.63, 3.8) is 0 Å². The van der Waals surface area contributed by atoms with E-state index in [4.69, 9.17) is 8.83 Å². The maximum Gasteiger partial charge on any atom is 0.134 e. The predicted octanol–water partition coefficient (Wildman–Crippen LogP) is 9.77. The van der Waals surface area contributed by atoms with Crippen molar-refractivity contribution >= 4 is 11.0 Å². The lowest BCUT2D eigenvalue weighted by atomic mass is 9.73. The fourth-order valence-corrected chi connectivity index (χ4v) is 5.32. The summed E-state index contributed by atoms with van der Waals surface area (Å²) >= 11 is 0. The van der Waals surface area contributed by atoms with E-state index in [1.54, 1.807) is 0 Å². The van der Waals surface area contributed by atoms with E-state index in [9.17, 15) is 0 Å². The first-order valence-electron chi connectivity index (χ1n) is 12.6. The van der Waals surface area contributed by atoms with Crippen molar-refractivity contribution in [3.8, 4) is 0 Å². The summed E-state index contributed by atoms with van der Waals surface area (Å²) in [6.45, 7) is 20.4. The molecule has 0 amide bonds. The Morgan fingerprint density at radius 3 is 1.97 bits per heavy atom. The standard InChI is InChI=1S/C16H22O.C14H22O/c1-11(2)15(16(3,4)5)14-10-12-8-6-7-9-13(12)17-14;1-9(2)12-7-13(15-8-12)14(10(3)4)11-5-6-11/h6-11,15H,1-5H3;7-11,14H,5-6H2,1-4H3/t15-;14-/m01/s1. The lowest BCUT2D eigenvalue weighted by Gasteiger charge is -2.32. The molecule has 2 atom stereocenters. The molecule has 1 aliphatic rings. The largest absolute Gasteiger partial charge is 0.469 e. The van der Waals surface area contributed by atoms with Gasteiger partial charge in [0.05, 0.1) is 6.26 Å². The monoisotopic (exact) mass is 436 g/mol. The summed E-state index contributed by atoms with van der Waals surface area (Å²) in [5, 5.41) is 1.21. The number of furan rings is 2. The Morgan fingerprint density at radius 2 is 1.50 bits per heavy atom. The summed E-state index contributed by atoms with van der Waals surface area (Å²) < 4.78 is 11.8. The van der Waals surface area contributed by atoms with Gasteiger partial charge in [0.15, 0.2) is 0 Å². The molecular formula is C30H44O2. The maximum absolute atomic E-state index is 6.02. The molecule has 0 saturated heterocycles. The molecule has 0 bridgehead atoms. The molecular weight excluding hydrogens is 392 g/mol. The summed E-state index contributed by atoms with van der Waals surface area (Å²) in [4.78, 5) is 0. The Bertz CT molecular complexity index is 941. The summed E-state index contributed by atoms with van der Waals surface area (Å²) in [5.41, 5.74) is 2.57. The SMILES string of the molecule is CC(C)[C@@H](c1cc2ccccc2o1)C(C)(C)C.CC(C)c1coc([C@H](C(C)C)C2CC2)c1. The summed E-state index contributed by atoms with van der Waals surface area (Å²) in [7, 11) is 0. The van der Waals surface area contributed by atoms with Crippen LogP contribution < -0.4 is 0 Å². The van der Waals surface area contributed by atoms with Crippen LogP contribution >= 0.6 is 0 Å². The number of benzene rings is 1. The van der Waals surface area contributed by atoms with E-state index in [0.29, 0.717) is 29.6 Å². The molecule has 1 aromatic carbocycles. The fraction of sp³-hybridized carbons (Fsp3) is 0.600. The number of para-hydroxylation sites is 1. The van der Waals surface area contributed by atoms with Crippen LogP contribution in [-0.4, -0.2) is 0 Å². The third-order valence-corrected chi connectivity index (χ3v) is 6.83. The first-order valence-corrected chi connectivity index (χ1v) is 12.6. The molecule has 3 aromatic rings. The van der Waals surface area contributed by atoms with Gasteiger partial charge in [-0.15, -0.1) is 0 Å². The van der Waals surface area contributed by atoms with Gasteiger partial charge in [0.1, 0.15) is 17.1 Å². The summed E-state index contributed by atoms with van der Waals surface area (Å²) in [6.07, 6.45) is 4.72. The van der Waals surface area contributed by atoms with E-state index in [-0.39, 0.29) is 5.41 Å². The fourth-order valence-electron chi connectivity index (χ4n) is 5.32. The second kappa shape index (κ2) is 9.89. The van der Waals surface area contributed by atoms with Crippen LogP contribution in [0, 0.1) is 23.2 Å². The smallest absolute Gasteiger partial charge is 0.134 e. The van der Waals surface area contributed by atoms with Gasteiger partial charge < -0.3 is 8.83 Å². The molecule has 32 heavy (non-hydrogen) atoms. The van der Waals surface area contributed by atoms with E-state index in [2.05, 4.69) is 86.6 Å². The van der Waals surface area contributed by atoms with Crippen LogP contribution in [0.5, 0.6) is 0 Å². The second-order valence-corrected chi connectivity index (χ2v) is 11.8. The second-order valence-electron chi connectivity index (χ2n) is 11.8. The minimum Gasteiger partial charge on any atom is -0.469 e. The number of rotatable bonds is 6. The average molecular weight is 437 g/mol. The quantitative estimate of drug-likeness (QED) is 0.384. The summed E-state index contributed by atoms with van der Waals surface area (Å²) in [5.74, 6) is 6.18. The molecule has 0 radical (unpaired) electrons. The van der Waals surface area contributed by atoms with Crippen LogP contribution in [0.3, 0.4) is 0 Å². The molecule has 4 rings (SSSR count).